The summed E-state index contributed by atoms with van der Waals surface area (Å²) in [4.78, 5) is 0. The number of benzene rings is 1. The van der Waals surface area contributed by atoms with Gasteiger partial charge in [0.25, 0.3) is 0 Å². The molecule has 0 aliphatic carbocycles. The maximum atomic E-state index is 5.73. The van der Waals surface area contributed by atoms with Crippen LogP contribution < -0.4 is 10.1 Å². The smallest absolute Gasteiger partial charge is 0.118 e. The average Bonchev–Trinajstić information content (AvgIpc) is 2.86. The van der Waals surface area contributed by atoms with Gasteiger partial charge < -0.3 is 14.8 Å². The molecule has 1 aromatic carbocycles. The molecule has 106 valence electrons. The topological polar surface area (TPSA) is 30.5 Å². The van der Waals surface area contributed by atoms with E-state index < -0.39 is 0 Å². The minimum Gasteiger partial charge on any atom is -0.497 e. The lowest BCUT2D eigenvalue weighted by molar-refractivity contribution is 0.0953. The SMILES string of the molecule is CCCNC(c1ccc(OC)cc1)C1CCOC1C. The summed E-state index contributed by atoms with van der Waals surface area (Å²) in [7, 11) is 1.70. The first-order valence-corrected chi connectivity index (χ1v) is 7.25. The van der Waals surface area contributed by atoms with E-state index in [9.17, 15) is 0 Å². The Hall–Kier alpha value is -1.06. The lowest BCUT2D eigenvalue weighted by atomic mass is 9.88. The number of hydrogen-bond acceptors (Lipinski definition) is 3. The Morgan fingerprint density at radius 3 is 2.63 bits per heavy atom. The van der Waals surface area contributed by atoms with Crippen LogP contribution in [0.4, 0.5) is 0 Å². The van der Waals surface area contributed by atoms with Crippen molar-refractivity contribution in [2.45, 2.75) is 38.8 Å². The highest BCUT2D eigenvalue weighted by atomic mass is 16.5. The Bertz CT molecular complexity index is 377. The van der Waals surface area contributed by atoms with Gasteiger partial charge in [0.05, 0.1) is 13.2 Å². The molecule has 3 nitrogen and oxygen atoms in total. The van der Waals surface area contributed by atoms with Crippen molar-refractivity contribution in [3.63, 3.8) is 0 Å². The van der Waals surface area contributed by atoms with Crippen LogP contribution in [0.2, 0.25) is 0 Å². The molecule has 3 heteroatoms. The molecular formula is C16H25NO2. The zero-order chi connectivity index (χ0) is 13.7. The highest BCUT2D eigenvalue weighted by Crippen LogP contribution is 2.33. The van der Waals surface area contributed by atoms with Gasteiger partial charge in [-0.15, -0.1) is 0 Å². The summed E-state index contributed by atoms with van der Waals surface area (Å²) in [6.45, 7) is 6.31. The van der Waals surface area contributed by atoms with Crippen LogP contribution in [0.15, 0.2) is 24.3 Å². The van der Waals surface area contributed by atoms with Crippen molar-refractivity contribution in [2.75, 3.05) is 20.3 Å². The minimum atomic E-state index is 0.330. The summed E-state index contributed by atoms with van der Waals surface area (Å²) in [5.41, 5.74) is 1.33. The Labute approximate surface area is 116 Å². The highest BCUT2D eigenvalue weighted by Gasteiger charge is 2.32. The van der Waals surface area contributed by atoms with Crippen molar-refractivity contribution >= 4 is 0 Å². The molecule has 0 bridgehead atoms. The third kappa shape index (κ3) is 3.48. The Morgan fingerprint density at radius 1 is 1.37 bits per heavy atom. The molecule has 1 fully saturated rings. The van der Waals surface area contributed by atoms with Crippen LogP contribution in [-0.2, 0) is 4.74 Å². The van der Waals surface area contributed by atoms with Gasteiger partial charge in [0.2, 0.25) is 0 Å². The monoisotopic (exact) mass is 263 g/mol. The molecular weight excluding hydrogens is 238 g/mol. The van der Waals surface area contributed by atoms with Crippen molar-refractivity contribution in [1.82, 2.24) is 5.32 Å². The van der Waals surface area contributed by atoms with E-state index in [-0.39, 0.29) is 0 Å². The Morgan fingerprint density at radius 2 is 2.11 bits per heavy atom. The summed E-state index contributed by atoms with van der Waals surface area (Å²) in [5.74, 6) is 1.47. The first kappa shape index (κ1) is 14.4. The molecule has 0 spiro atoms. The molecule has 1 aliphatic rings. The summed E-state index contributed by atoms with van der Waals surface area (Å²) in [6.07, 6.45) is 2.61. The predicted octanol–water partition coefficient (Wildman–Crippen LogP) is 3.16. The van der Waals surface area contributed by atoms with E-state index in [1.807, 2.05) is 12.1 Å². The summed E-state index contributed by atoms with van der Waals surface area (Å²) in [5, 5.41) is 3.67. The van der Waals surface area contributed by atoms with Crippen LogP contribution in [0, 0.1) is 5.92 Å². The molecule has 0 radical (unpaired) electrons. The van der Waals surface area contributed by atoms with Crippen molar-refractivity contribution in [3.05, 3.63) is 29.8 Å². The average molecular weight is 263 g/mol. The number of methoxy groups -OCH3 is 1. The van der Waals surface area contributed by atoms with E-state index in [0.717, 1.165) is 31.7 Å². The van der Waals surface area contributed by atoms with Crippen molar-refractivity contribution in [1.29, 1.82) is 0 Å². The molecule has 1 aliphatic heterocycles. The highest BCUT2D eigenvalue weighted by molar-refractivity contribution is 5.29. The summed E-state index contributed by atoms with van der Waals surface area (Å²) in [6, 6.07) is 8.78. The number of nitrogens with one attached hydrogen (secondary N) is 1. The van der Waals surface area contributed by atoms with Gasteiger partial charge >= 0.3 is 0 Å². The molecule has 0 saturated carbocycles. The number of hydrogen-bond donors (Lipinski definition) is 1. The van der Waals surface area contributed by atoms with Crippen LogP contribution in [-0.4, -0.2) is 26.4 Å². The Kier molecular flexibility index (Phi) is 5.23. The van der Waals surface area contributed by atoms with Crippen molar-refractivity contribution < 1.29 is 9.47 Å². The normalized spacial score (nSPS) is 24.4. The molecule has 2 rings (SSSR count). The van der Waals surface area contributed by atoms with Crippen molar-refractivity contribution in [3.8, 4) is 5.75 Å². The molecule has 0 aromatic heterocycles. The number of rotatable bonds is 6. The third-order valence-electron chi connectivity index (χ3n) is 3.95. The van der Waals surface area contributed by atoms with E-state index in [0.29, 0.717) is 18.1 Å². The van der Waals surface area contributed by atoms with Crippen LogP contribution >= 0.6 is 0 Å². The van der Waals surface area contributed by atoms with Gasteiger partial charge in [-0.05, 0) is 44.0 Å². The second kappa shape index (κ2) is 6.92. The fourth-order valence-corrected chi connectivity index (χ4v) is 2.81. The first-order chi connectivity index (χ1) is 9.26. The van der Waals surface area contributed by atoms with Gasteiger partial charge in [0.15, 0.2) is 0 Å². The van der Waals surface area contributed by atoms with Crippen LogP contribution in [0.1, 0.15) is 38.3 Å². The molecule has 3 atom stereocenters. The molecule has 3 unspecified atom stereocenters. The molecule has 1 saturated heterocycles. The van der Waals surface area contributed by atoms with Gasteiger partial charge in [-0.25, -0.2) is 0 Å². The molecule has 1 heterocycles. The van der Waals surface area contributed by atoms with Crippen LogP contribution in [0.3, 0.4) is 0 Å². The molecule has 19 heavy (non-hydrogen) atoms. The molecule has 1 N–H and O–H groups in total. The fourth-order valence-electron chi connectivity index (χ4n) is 2.81. The van der Waals surface area contributed by atoms with Gasteiger partial charge in [-0.2, -0.15) is 0 Å². The largest absolute Gasteiger partial charge is 0.497 e. The predicted molar refractivity (Wildman–Crippen MR) is 77.5 cm³/mol. The van der Waals surface area contributed by atoms with E-state index in [2.05, 4.69) is 31.3 Å². The van der Waals surface area contributed by atoms with Gasteiger partial charge in [0.1, 0.15) is 5.75 Å². The Balaban J connectivity index is 2.15. The minimum absolute atomic E-state index is 0.330. The second-order valence-electron chi connectivity index (χ2n) is 5.23. The molecule has 1 aromatic rings. The lowest BCUT2D eigenvalue weighted by Crippen LogP contribution is -2.32. The van der Waals surface area contributed by atoms with E-state index in [4.69, 9.17) is 9.47 Å². The van der Waals surface area contributed by atoms with Crippen LogP contribution in [0.25, 0.3) is 0 Å². The van der Waals surface area contributed by atoms with Gasteiger partial charge in [-0.1, -0.05) is 19.1 Å². The lowest BCUT2D eigenvalue weighted by Gasteiger charge is -2.27. The maximum Gasteiger partial charge on any atom is 0.118 e. The quantitative estimate of drug-likeness (QED) is 0.855. The summed E-state index contributed by atoms with van der Waals surface area (Å²) < 4.78 is 11.0. The van der Waals surface area contributed by atoms with E-state index >= 15 is 0 Å². The van der Waals surface area contributed by atoms with Crippen LogP contribution in [0.5, 0.6) is 5.75 Å². The third-order valence-corrected chi connectivity index (χ3v) is 3.95. The fraction of sp³-hybridized carbons (Fsp3) is 0.625. The first-order valence-electron chi connectivity index (χ1n) is 7.25. The standard InChI is InChI=1S/C16H25NO2/c1-4-10-17-16(15-9-11-19-12(15)2)13-5-7-14(18-3)8-6-13/h5-8,12,15-17H,4,9-11H2,1-3H3. The zero-order valence-electron chi connectivity index (χ0n) is 12.2. The maximum absolute atomic E-state index is 5.73. The number of ether oxygens (including phenoxy) is 2. The molecule has 0 amide bonds. The van der Waals surface area contributed by atoms with Crippen molar-refractivity contribution in [2.24, 2.45) is 5.92 Å². The van der Waals surface area contributed by atoms with Gasteiger partial charge in [0, 0.05) is 18.6 Å². The second-order valence-corrected chi connectivity index (χ2v) is 5.23. The zero-order valence-corrected chi connectivity index (χ0v) is 12.2. The van der Waals surface area contributed by atoms with E-state index in [1.165, 1.54) is 5.56 Å². The van der Waals surface area contributed by atoms with E-state index in [1.54, 1.807) is 7.11 Å². The van der Waals surface area contributed by atoms with Gasteiger partial charge in [-0.3, -0.25) is 0 Å². The summed E-state index contributed by atoms with van der Waals surface area (Å²) >= 11 is 0.